The third kappa shape index (κ3) is 7.40. The van der Waals surface area contributed by atoms with Crippen molar-refractivity contribution in [2.24, 2.45) is 23.0 Å². The van der Waals surface area contributed by atoms with Crippen molar-refractivity contribution >= 4 is 87.4 Å². The first-order valence-corrected chi connectivity index (χ1v) is 19.4. The fraction of sp³-hybridized carbons (Fsp3) is 0.353. The van der Waals surface area contributed by atoms with E-state index in [2.05, 4.69) is 58.2 Å². The molecule has 1 aliphatic carbocycles. The highest BCUT2D eigenvalue weighted by Crippen LogP contribution is 2.46. The molecule has 1 saturated carbocycles. The zero-order valence-electron chi connectivity index (χ0n) is 28.3. The van der Waals surface area contributed by atoms with Gasteiger partial charge in [-0.3, -0.25) is 19.5 Å². The molecule has 49 heavy (non-hydrogen) atoms. The minimum Gasteiger partial charge on any atom is -0.494 e. The second kappa shape index (κ2) is 14.1. The van der Waals surface area contributed by atoms with E-state index in [-0.39, 0.29) is 11.8 Å². The first kappa shape index (κ1) is 34.3. The number of halogens is 1. The molecule has 2 aliphatic rings. The number of carbonyl (C=O) groups is 1. The predicted molar refractivity (Wildman–Crippen MR) is 202 cm³/mol. The van der Waals surface area contributed by atoms with Crippen LogP contribution in [-0.4, -0.2) is 90.1 Å². The van der Waals surface area contributed by atoms with Gasteiger partial charge < -0.3 is 29.7 Å². The van der Waals surface area contributed by atoms with Gasteiger partial charge in [-0.05, 0) is 73.9 Å². The van der Waals surface area contributed by atoms with Crippen LogP contribution >= 0.6 is 23.1 Å². The number of aryl methyl sites for hydroxylation is 1. The fourth-order valence-corrected chi connectivity index (χ4v) is 7.69. The number of hydrogen-bond donors (Lipinski definition) is 2. The number of aromatic nitrogens is 4. The van der Waals surface area contributed by atoms with E-state index < -0.39 is 7.14 Å². The molecule has 1 aliphatic heterocycles. The molecule has 15 heteroatoms. The molecule has 13 nitrogen and oxygen atoms in total. The fourth-order valence-electron chi connectivity index (χ4n) is 6.01. The highest BCUT2D eigenvalue weighted by atomic mass is 79.9. The summed E-state index contributed by atoms with van der Waals surface area (Å²) in [7, 11) is 0.678. The number of methoxy groups -OCH3 is 1. The molecule has 4 aromatic rings. The van der Waals surface area contributed by atoms with Crippen LogP contribution in [0.5, 0.6) is 5.75 Å². The van der Waals surface area contributed by atoms with Gasteiger partial charge >= 0.3 is 0 Å². The quantitative estimate of drug-likeness (QED) is 0.130. The number of carbonyl (C=O) groups excluding carboxylic acids is 1. The molecule has 0 unspecified atom stereocenters. The lowest BCUT2D eigenvalue weighted by atomic mass is 10.0. The molecule has 2 aromatic carbocycles. The van der Waals surface area contributed by atoms with E-state index in [1.807, 2.05) is 36.5 Å². The Balaban J connectivity index is 1.33. The average molecular weight is 748 g/mol. The largest absolute Gasteiger partial charge is 0.494 e. The van der Waals surface area contributed by atoms with Crippen LogP contribution < -0.4 is 25.6 Å². The normalized spacial score (nSPS) is 15.1. The molecule has 6 rings (SSSR count). The van der Waals surface area contributed by atoms with Crippen LogP contribution in [0.1, 0.15) is 19.8 Å². The Bertz CT molecular complexity index is 1980. The third-order valence-corrected chi connectivity index (χ3v) is 10.6. The Morgan fingerprint density at radius 1 is 1.12 bits per heavy atom. The number of nitrogens with one attached hydrogen (secondary N) is 2. The average Bonchev–Trinajstić information content (AvgIpc) is 3.85. The first-order valence-electron chi connectivity index (χ1n) is 16.0. The highest BCUT2D eigenvalue weighted by molar-refractivity contribution is 9.10. The molecule has 3 heterocycles. The standard InChI is InChI=1S/C34H40BrN10O3P/c1-7-37-30-25(36-2)10-11-26(31(30)49(5,6)47)40-32-24(35)19-38-34(42-32)41-27-16-23(22-18-39-43(3)20-22)28(17-29(27)48-4)44-12-14-45(15-13-44)33(46)21-8-9-21/h7,10-11,16-21H,2,8-9,12-15H2,1,3-6H3,(H2,38,40,41,42). The maximum atomic E-state index is 13.5. The summed E-state index contributed by atoms with van der Waals surface area (Å²) in [5, 5.41) is 11.7. The van der Waals surface area contributed by atoms with Crippen molar-refractivity contribution in [3.05, 3.63) is 47.3 Å². The summed E-state index contributed by atoms with van der Waals surface area (Å²) in [6.07, 6.45) is 9.11. The Morgan fingerprint density at radius 3 is 2.49 bits per heavy atom. The zero-order valence-corrected chi connectivity index (χ0v) is 30.8. The van der Waals surface area contributed by atoms with Crippen molar-refractivity contribution in [3.8, 4) is 16.9 Å². The number of rotatable bonds is 11. The summed E-state index contributed by atoms with van der Waals surface area (Å²) in [6.45, 7) is 11.6. The van der Waals surface area contributed by atoms with Crippen molar-refractivity contribution in [1.82, 2.24) is 24.6 Å². The maximum Gasteiger partial charge on any atom is 0.229 e. The second-order valence-electron chi connectivity index (χ2n) is 12.4. The molecule has 1 amide bonds. The molecule has 2 N–H and O–H groups in total. The molecule has 0 spiro atoms. The second-order valence-corrected chi connectivity index (χ2v) is 16.4. The Labute approximate surface area is 294 Å². The highest BCUT2D eigenvalue weighted by Gasteiger charge is 2.35. The van der Waals surface area contributed by atoms with Crippen molar-refractivity contribution in [2.75, 3.05) is 62.2 Å². The summed E-state index contributed by atoms with van der Waals surface area (Å²) in [6, 6.07) is 7.61. The number of piperazine rings is 1. The molecule has 0 radical (unpaired) electrons. The summed E-state index contributed by atoms with van der Waals surface area (Å²) in [4.78, 5) is 34.9. The molecule has 256 valence electrons. The van der Waals surface area contributed by atoms with E-state index in [4.69, 9.17) is 9.72 Å². The Kier molecular flexibility index (Phi) is 9.89. The lowest BCUT2D eigenvalue weighted by Crippen LogP contribution is -2.49. The van der Waals surface area contributed by atoms with E-state index in [1.165, 1.54) is 0 Å². The van der Waals surface area contributed by atoms with E-state index in [1.54, 1.807) is 56.6 Å². The van der Waals surface area contributed by atoms with Crippen LogP contribution in [-0.2, 0) is 16.4 Å². The van der Waals surface area contributed by atoms with Gasteiger partial charge in [-0.2, -0.15) is 10.1 Å². The van der Waals surface area contributed by atoms with Gasteiger partial charge in [0.1, 0.15) is 24.4 Å². The van der Waals surface area contributed by atoms with Gasteiger partial charge in [-0.1, -0.05) is 0 Å². The monoisotopic (exact) mass is 746 g/mol. The number of anilines is 5. The molecule has 2 aromatic heterocycles. The number of nitrogens with zero attached hydrogens (tertiary/aromatic N) is 8. The number of ether oxygens (including phenoxy) is 1. The topological polar surface area (TPSA) is 142 Å². The SMILES string of the molecule is C=Nc1ccc(Nc2nc(Nc3cc(-c4cnn(C)c4)c(N4CCN(C(=O)C5CC5)CC4)cc3OC)ncc2Br)c(P(C)(C)=O)c1N=CC. The molecular weight excluding hydrogens is 707 g/mol. The van der Waals surface area contributed by atoms with Gasteiger partial charge in [-0.25, -0.2) is 4.98 Å². The van der Waals surface area contributed by atoms with Crippen molar-refractivity contribution in [3.63, 3.8) is 0 Å². The van der Waals surface area contributed by atoms with Gasteiger partial charge in [0.2, 0.25) is 11.9 Å². The van der Waals surface area contributed by atoms with Crippen molar-refractivity contribution < 1.29 is 14.1 Å². The lowest BCUT2D eigenvalue weighted by molar-refractivity contribution is -0.132. The van der Waals surface area contributed by atoms with Gasteiger partial charge in [0.25, 0.3) is 0 Å². The molecule has 2 fully saturated rings. The van der Waals surface area contributed by atoms with Crippen molar-refractivity contribution in [1.29, 1.82) is 0 Å². The lowest BCUT2D eigenvalue weighted by Gasteiger charge is -2.37. The predicted octanol–water partition coefficient (Wildman–Crippen LogP) is 6.50. The first-order chi connectivity index (χ1) is 23.5. The zero-order chi connectivity index (χ0) is 34.9. The minimum absolute atomic E-state index is 0.212. The Morgan fingerprint density at radius 2 is 1.88 bits per heavy atom. The summed E-state index contributed by atoms with van der Waals surface area (Å²) in [5.41, 5.74) is 5.19. The van der Waals surface area contributed by atoms with Gasteiger partial charge in [0.05, 0.1) is 40.1 Å². The maximum absolute atomic E-state index is 13.5. The van der Waals surface area contributed by atoms with Crippen LogP contribution in [0.4, 0.5) is 40.2 Å². The van der Waals surface area contributed by atoms with E-state index >= 15 is 0 Å². The van der Waals surface area contributed by atoms with Crippen LogP contribution in [0.2, 0.25) is 0 Å². The van der Waals surface area contributed by atoms with Gasteiger partial charge in [-0.15, -0.1) is 0 Å². The van der Waals surface area contributed by atoms with E-state index in [9.17, 15) is 9.36 Å². The Hall–Kier alpha value is -4.55. The van der Waals surface area contributed by atoms with E-state index in [0.717, 1.165) is 29.7 Å². The van der Waals surface area contributed by atoms with Crippen LogP contribution in [0, 0.1) is 5.92 Å². The summed E-state index contributed by atoms with van der Waals surface area (Å²) < 4.78 is 21.8. The number of benzene rings is 2. The number of hydrogen-bond acceptors (Lipinski definition) is 11. The minimum atomic E-state index is -2.84. The van der Waals surface area contributed by atoms with Gasteiger partial charge in [0.15, 0.2) is 0 Å². The smallest absolute Gasteiger partial charge is 0.229 e. The number of aliphatic imine (C=N–C) groups is 2. The van der Waals surface area contributed by atoms with Crippen LogP contribution in [0.3, 0.4) is 0 Å². The summed E-state index contributed by atoms with van der Waals surface area (Å²) in [5.74, 6) is 1.87. The molecular formula is C34H40BrN10O3P. The third-order valence-electron chi connectivity index (χ3n) is 8.53. The molecule has 0 bridgehead atoms. The molecule has 1 saturated heterocycles. The number of amides is 1. The van der Waals surface area contributed by atoms with Crippen LogP contribution in [0.15, 0.2) is 57.3 Å². The van der Waals surface area contributed by atoms with E-state index in [0.29, 0.717) is 76.2 Å². The van der Waals surface area contributed by atoms with Gasteiger partial charge in [0, 0.05) is 80.6 Å². The van der Waals surface area contributed by atoms with Crippen molar-refractivity contribution in [2.45, 2.75) is 19.8 Å². The summed E-state index contributed by atoms with van der Waals surface area (Å²) >= 11 is 3.57. The van der Waals surface area contributed by atoms with Crippen LogP contribution in [0.25, 0.3) is 11.1 Å². The molecule has 0 atom stereocenters.